The Morgan fingerprint density at radius 2 is 0.733 bits per heavy atom. The van der Waals surface area contributed by atoms with E-state index in [4.69, 9.17) is 33.2 Å². The zero-order valence-corrected chi connectivity index (χ0v) is 25.6. The molecule has 4 aromatic rings. The van der Waals surface area contributed by atoms with Gasteiger partial charge in [0, 0.05) is 11.8 Å². The Morgan fingerprint density at radius 1 is 0.467 bits per heavy atom. The summed E-state index contributed by atoms with van der Waals surface area (Å²) in [6, 6.07) is 34.0. The summed E-state index contributed by atoms with van der Waals surface area (Å²) in [6.45, 7) is 6.86. The molecule has 3 aliphatic rings. The van der Waals surface area contributed by atoms with Crippen LogP contribution in [0.3, 0.4) is 0 Å². The van der Waals surface area contributed by atoms with Crippen molar-refractivity contribution < 1.29 is 33.2 Å². The molecule has 3 fully saturated rings. The van der Waals surface area contributed by atoms with Crippen LogP contribution in [0.25, 0.3) is 0 Å². The molecular formula is C38H40O7. The fourth-order valence-corrected chi connectivity index (χ4v) is 5.52. The molecule has 7 heteroatoms. The highest BCUT2D eigenvalue weighted by atomic mass is 16.6. The van der Waals surface area contributed by atoms with Crippen LogP contribution in [-0.4, -0.2) is 64.6 Å². The highest BCUT2D eigenvalue weighted by Gasteiger charge is 2.30. The Morgan fingerprint density at radius 3 is 0.978 bits per heavy atom. The molecule has 0 N–H and O–H groups in total. The first-order chi connectivity index (χ1) is 22.2. The molecule has 0 radical (unpaired) electrons. The van der Waals surface area contributed by atoms with Crippen LogP contribution in [0, 0.1) is 0 Å². The summed E-state index contributed by atoms with van der Waals surface area (Å²) < 4.78 is 39.9. The van der Waals surface area contributed by atoms with Gasteiger partial charge in [0.1, 0.15) is 61.1 Å². The van der Waals surface area contributed by atoms with Crippen LogP contribution in [-0.2, 0) is 14.2 Å². The molecule has 4 aromatic carbocycles. The van der Waals surface area contributed by atoms with Crippen molar-refractivity contribution in [2.24, 2.45) is 0 Å². The van der Waals surface area contributed by atoms with Crippen LogP contribution < -0.4 is 18.9 Å². The molecule has 3 heterocycles. The molecule has 4 unspecified atom stereocenters. The number of epoxide rings is 3. The van der Waals surface area contributed by atoms with Gasteiger partial charge in [-0.1, -0.05) is 55.5 Å². The predicted molar refractivity (Wildman–Crippen MR) is 171 cm³/mol. The van der Waals surface area contributed by atoms with Crippen LogP contribution >= 0.6 is 0 Å². The van der Waals surface area contributed by atoms with Crippen LogP contribution in [0.2, 0.25) is 0 Å². The second-order valence-corrected chi connectivity index (χ2v) is 11.9. The third kappa shape index (κ3) is 8.17. The van der Waals surface area contributed by atoms with E-state index in [1.54, 1.807) is 0 Å². The summed E-state index contributed by atoms with van der Waals surface area (Å²) in [5, 5.41) is 0. The van der Waals surface area contributed by atoms with Gasteiger partial charge in [-0.2, -0.15) is 0 Å². The van der Waals surface area contributed by atoms with E-state index in [0.29, 0.717) is 26.4 Å². The maximum absolute atomic E-state index is 5.98. The second kappa shape index (κ2) is 13.9. The van der Waals surface area contributed by atoms with Gasteiger partial charge in [0.05, 0.1) is 26.4 Å². The average molecular weight is 609 g/mol. The van der Waals surface area contributed by atoms with Crippen molar-refractivity contribution in [2.45, 2.75) is 43.5 Å². The van der Waals surface area contributed by atoms with Crippen LogP contribution in [0.5, 0.6) is 23.0 Å². The zero-order valence-electron chi connectivity index (χ0n) is 25.6. The maximum atomic E-state index is 5.98. The Hall–Kier alpha value is -4.04. The molecule has 0 saturated carbocycles. The summed E-state index contributed by atoms with van der Waals surface area (Å²) in [6.07, 6.45) is 1.60. The lowest BCUT2D eigenvalue weighted by molar-refractivity contribution is 0.263. The van der Waals surface area contributed by atoms with Crippen molar-refractivity contribution in [3.63, 3.8) is 0 Å². The van der Waals surface area contributed by atoms with Gasteiger partial charge in [-0.3, -0.25) is 0 Å². The van der Waals surface area contributed by atoms with E-state index < -0.39 is 0 Å². The van der Waals surface area contributed by atoms with E-state index in [1.165, 1.54) is 22.3 Å². The fourth-order valence-electron chi connectivity index (χ4n) is 5.52. The maximum Gasteiger partial charge on any atom is 0.119 e. The summed E-state index contributed by atoms with van der Waals surface area (Å²) >= 11 is 0. The first kappa shape index (κ1) is 29.7. The van der Waals surface area contributed by atoms with Gasteiger partial charge >= 0.3 is 0 Å². The van der Waals surface area contributed by atoms with Gasteiger partial charge in [0.25, 0.3) is 0 Å². The van der Waals surface area contributed by atoms with Crippen molar-refractivity contribution in [1.82, 2.24) is 0 Å². The van der Waals surface area contributed by atoms with Crippen LogP contribution in [0.1, 0.15) is 47.4 Å². The Bertz CT molecular complexity index is 1430. The summed E-state index contributed by atoms with van der Waals surface area (Å²) in [7, 11) is 0. The summed E-state index contributed by atoms with van der Waals surface area (Å²) in [5.41, 5.74) is 4.76. The molecule has 0 bridgehead atoms. The smallest absolute Gasteiger partial charge is 0.119 e. The molecule has 0 aromatic heterocycles. The highest BCUT2D eigenvalue weighted by Crippen LogP contribution is 2.44. The SMILES string of the molecule is CCCOc1ccc(C(c2ccc(OCC3CO3)cc2)C(c2ccc(OCC3CO3)cc2)c2ccc(OCC3CO3)cc2)cc1. The number of hydrogen-bond acceptors (Lipinski definition) is 7. The van der Waals surface area contributed by atoms with E-state index in [9.17, 15) is 0 Å². The number of benzene rings is 4. The van der Waals surface area contributed by atoms with Gasteiger partial charge < -0.3 is 33.2 Å². The molecule has 234 valence electrons. The minimum atomic E-state index is 0.000624. The lowest BCUT2D eigenvalue weighted by Crippen LogP contribution is -2.15. The molecule has 3 aliphatic heterocycles. The van der Waals surface area contributed by atoms with E-state index in [2.05, 4.69) is 104 Å². The largest absolute Gasteiger partial charge is 0.494 e. The number of ether oxygens (including phenoxy) is 7. The van der Waals surface area contributed by atoms with E-state index in [1.807, 2.05) is 0 Å². The number of rotatable bonds is 17. The first-order valence-corrected chi connectivity index (χ1v) is 16.0. The van der Waals surface area contributed by atoms with Gasteiger partial charge in [-0.15, -0.1) is 0 Å². The van der Waals surface area contributed by atoms with Crippen LogP contribution in [0.15, 0.2) is 97.1 Å². The lowest BCUT2D eigenvalue weighted by atomic mass is 9.73. The van der Waals surface area contributed by atoms with Crippen molar-refractivity contribution in [1.29, 1.82) is 0 Å². The van der Waals surface area contributed by atoms with E-state index in [0.717, 1.165) is 49.2 Å². The second-order valence-electron chi connectivity index (χ2n) is 11.9. The zero-order chi connectivity index (χ0) is 30.4. The topological polar surface area (TPSA) is 74.5 Å². The quantitative estimate of drug-likeness (QED) is 0.123. The van der Waals surface area contributed by atoms with Gasteiger partial charge in [-0.05, 0) is 77.2 Å². The van der Waals surface area contributed by atoms with Gasteiger partial charge in [0.15, 0.2) is 0 Å². The van der Waals surface area contributed by atoms with E-state index in [-0.39, 0.29) is 30.1 Å². The normalized spacial score (nSPS) is 21.0. The molecule has 4 atom stereocenters. The molecular weight excluding hydrogens is 568 g/mol. The fraction of sp³-hybridized carbons (Fsp3) is 0.368. The molecule has 0 aliphatic carbocycles. The Kier molecular flexibility index (Phi) is 9.19. The predicted octanol–water partition coefficient (Wildman–Crippen LogP) is 6.77. The van der Waals surface area contributed by atoms with Crippen molar-refractivity contribution in [2.75, 3.05) is 46.2 Å². The first-order valence-electron chi connectivity index (χ1n) is 16.0. The Labute approximate surface area is 264 Å². The van der Waals surface area contributed by atoms with Crippen molar-refractivity contribution >= 4 is 0 Å². The van der Waals surface area contributed by atoms with E-state index >= 15 is 0 Å². The highest BCUT2D eigenvalue weighted by molar-refractivity contribution is 5.48. The lowest BCUT2D eigenvalue weighted by Gasteiger charge is -2.30. The molecule has 7 nitrogen and oxygen atoms in total. The third-order valence-corrected chi connectivity index (χ3v) is 8.28. The summed E-state index contributed by atoms with van der Waals surface area (Å²) in [5.74, 6) is 3.41. The number of hydrogen-bond donors (Lipinski definition) is 0. The molecule has 7 rings (SSSR count). The third-order valence-electron chi connectivity index (χ3n) is 8.28. The minimum Gasteiger partial charge on any atom is -0.494 e. The molecule has 3 saturated heterocycles. The van der Waals surface area contributed by atoms with Crippen LogP contribution in [0.4, 0.5) is 0 Å². The van der Waals surface area contributed by atoms with Gasteiger partial charge in [0.2, 0.25) is 0 Å². The average Bonchev–Trinajstić information content (AvgIpc) is 3.93. The molecule has 0 amide bonds. The van der Waals surface area contributed by atoms with Gasteiger partial charge in [-0.25, -0.2) is 0 Å². The van der Waals surface area contributed by atoms with Crippen molar-refractivity contribution in [3.8, 4) is 23.0 Å². The van der Waals surface area contributed by atoms with Crippen molar-refractivity contribution in [3.05, 3.63) is 119 Å². The minimum absolute atomic E-state index is 0.000624. The summed E-state index contributed by atoms with van der Waals surface area (Å²) in [4.78, 5) is 0. The molecule has 45 heavy (non-hydrogen) atoms. The Balaban J connectivity index is 1.23. The molecule has 0 spiro atoms. The monoisotopic (exact) mass is 608 g/mol. The standard InChI is InChI=1S/C38H40O7/c1-2-19-39-30-11-3-26(4-12-30)37(27-5-13-31(14-6-27)40-20-34-23-43-34)38(28-7-15-32(16-8-28)41-21-35-24-44-35)29-9-17-33(18-10-29)42-22-36-25-45-36/h3-18,34-38H,2,19-25H2,1H3.